The zero-order valence-corrected chi connectivity index (χ0v) is 9.09. The number of thioether (sulfide) groups is 1. The Hall–Kier alpha value is -1.30. The van der Waals surface area contributed by atoms with E-state index >= 15 is 0 Å². The van der Waals surface area contributed by atoms with Gasteiger partial charge in [0, 0.05) is 0 Å². The summed E-state index contributed by atoms with van der Waals surface area (Å²) in [6.45, 7) is 3.71. The lowest BCUT2D eigenvalue weighted by Gasteiger charge is -2.08. The highest BCUT2D eigenvalue weighted by molar-refractivity contribution is 7.98. The number of aromatic nitrogens is 2. The van der Waals surface area contributed by atoms with E-state index in [0.29, 0.717) is 10.6 Å². The minimum absolute atomic E-state index is 0.0739. The molecule has 0 aromatic carbocycles. The summed E-state index contributed by atoms with van der Waals surface area (Å²) in [5, 5.41) is 20.2. The topological polar surface area (TPSA) is 84.4 Å². The van der Waals surface area contributed by atoms with Crippen LogP contribution in [0.25, 0.3) is 0 Å². The van der Waals surface area contributed by atoms with Crippen LogP contribution in [0.5, 0.6) is 0 Å². The van der Waals surface area contributed by atoms with Gasteiger partial charge in [-0.05, 0) is 25.7 Å². The van der Waals surface area contributed by atoms with E-state index in [-0.39, 0.29) is 5.84 Å². The maximum atomic E-state index is 8.63. The van der Waals surface area contributed by atoms with Gasteiger partial charge >= 0.3 is 0 Å². The van der Waals surface area contributed by atoms with Crippen molar-refractivity contribution in [1.29, 1.82) is 0 Å². The fraction of sp³-hybridized carbons (Fsp3) is 0.375. The smallest absolute Gasteiger partial charge is 0.173 e. The standard InChI is InChI=1S/C8H12N4OS/c1-4-5(2)10-11-8(14-3)6(4)7(9)12-13/h13H,1-3H3,(H2,9,12). The van der Waals surface area contributed by atoms with Crippen LogP contribution < -0.4 is 5.73 Å². The van der Waals surface area contributed by atoms with Gasteiger partial charge < -0.3 is 10.9 Å². The average Bonchev–Trinajstić information content (AvgIpc) is 2.20. The highest BCUT2D eigenvalue weighted by Crippen LogP contribution is 2.21. The Labute approximate surface area is 86.4 Å². The summed E-state index contributed by atoms with van der Waals surface area (Å²) in [5.41, 5.74) is 7.89. The molecule has 0 bridgehead atoms. The number of amidine groups is 1. The number of nitrogens with zero attached hydrogens (tertiary/aromatic N) is 3. The molecule has 6 heteroatoms. The van der Waals surface area contributed by atoms with Crippen molar-refractivity contribution in [2.75, 3.05) is 6.26 Å². The Kier molecular flexibility index (Phi) is 3.29. The molecule has 0 unspecified atom stereocenters. The summed E-state index contributed by atoms with van der Waals surface area (Å²) in [4.78, 5) is 0. The molecule has 0 aliphatic rings. The van der Waals surface area contributed by atoms with Gasteiger partial charge in [-0.2, -0.15) is 5.10 Å². The first-order valence-corrected chi connectivity index (χ1v) is 5.20. The van der Waals surface area contributed by atoms with Gasteiger partial charge in [0.05, 0.1) is 11.3 Å². The van der Waals surface area contributed by atoms with Crippen LogP contribution in [-0.2, 0) is 0 Å². The highest BCUT2D eigenvalue weighted by atomic mass is 32.2. The SMILES string of the molecule is CSc1nnc(C)c(C)c1/C(N)=N/O. The number of oxime groups is 1. The van der Waals surface area contributed by atoms with E-state index in [1.807, 2.05) is 20.1 Å². The number of nitrogens with two attached hydrogens (primary N) is 1. The molecule has 3 N–H and O–H groups in total. The van der Waals surface area contributed by atoms with E-state index in [9.17, 15) is 0 Å². The molecule has 0 spiro atoms. The van der Waals surface area contributed by atoms with Gasteiger partial charge in [-0.3, -0.25) is 0 Å². The van der Waals surface area contributed by atoms with Crippen LogP contribution in [0.4, 0.5) is 0 Å². The van der Waals surface area contributed by atoms with Crippen molar-refractivity contribution in [3.8, 4) is 0 Å². The van der Waals surface area contributed by atoms with Gasteiger partial charge in [0.25, 0.3) is 0 Å². The van der Waals surface area contributed by atoms with Crippen molar-refractivity contribution in [2.24, 2.45) is 10.9 Å². The van der Waals surface area contributed by atoms with Gasteiger partial charge in [0.15, 0.2) is 5.84 Å². The lowest BCUT2D eigenvalue weighted by Crippen LogP contribution is -2.18. The minimum atomic E-state index is 0.0739. The molecule has 0 atom stereocenters. The van der Waals surface area contributed by atoms with E-state index in [4.69, 9.17) is 10.9 Å². The highest BCUT2D eigenvalue weighted by Gasteiger charge is 2.13. The molecule has 0 saturated carbocycles. The zero-order valence-electron chi connectivity index (χ0n) is 8.27. The Bertz CT molecular complexity index is 378. The fourth-order valence-corrected chi connectivity index (χ4v) is 1.67. The average molecular weight is 212 g/mol. The second-order valence-electron chi connectivity index (χ2n) is 2.78. The molecular weight excluding hydrogens is 200 g/mol. The first kappa shape index (κ1) is 10.8. The number of aryl methyl sites for hydroxylation is 1. The number of rotatable bonds is 2. The molecule has 0 radical (unpaired) electrons. The molecule has 1 aromatic rings. The van der Waals surface area contributed by atoms with E-state index in [0.717, 1.165) is 11.3 Å². The van der Waals surface area contributed by atoms with Gasteiger partial charge in [-0.1, -0.05) is 5.16 Å². The maximum absolute atomic E-state index is 8.63. The summed E-state index contributed by atoms with van der Waals surface area (Å²) in [7, 11) is 0. The van der Waals surface area contributed by atoms with E-state index in [1.165, 1.54) is 11.8 Å². The molecule has 1 aromatic heterocycles. The van der Waals surface area contributed by atoms with E-state index in [2.05, 4.69) is 15.4 Å². The van der Waals surface area contributed by atoms with Gasteiger partial charge in [-0.25, -0.2) is 0 Å². The molecular formula is C8H12N4OS. The molecule has 76 valence electrons. The third-order valence-electron chi connectivity index (χ3n) is 1.98. The Morgan fingerprint density at radius 1 is 1.43 bits per heavy atom. The summed E-state index contributed by atoms with van der Waals surface area (Å²) in [6.07, 6.45) is 1.87. The molecule has 0 aliphatic heterocycles. The molecule has 1 heterocycles. The summed E-state index contributed by atoms with van der Waals surface area (Å²) in [5.74, 6) is 0.0739. The molecule has 0 saturated heterocycles. The molecule has 0 aliphatic carbocycles. The number of hydrogen-bond acceptors (Lipinski definition) is 5. The van der Waals surface area contributed by atoms with Crippen LogP contribution in [-0.4, -0.2) is 27.5 Å². The lowest BCUT2D eigenvalue weighted by molar-refractivity contribution is 0.318. The van der Waals surface area contributed by atoms with Crippen molar-refractivity contribution in [1.82, 2.24) is 10.2 Å². The largest absolute Gasteiger partial charge is 0.409 e. The van der Waals surface area contributed by atoms with Crippen molar-refractivity contribution >= 4 is 17.6 Å². The normalized spacial score (nSPS) is 11.8. The van der Waals surface area contributed by atoms with Crippen LogP contribution >= 0.6 is 11.8 Å². The number of hydrogen-bond donors (Lipinski definition) is 2. The first-order valence-electron chi connectivity index (χ1n) is 3.97. The lowest BCUT2D eigenvalue weighted by atomic mass is 10.1. The second kappa shape index (κ2) is 4.28. The fourth-order valence-electron chi connectivity index (χ4n) is 1.08. The first-order chi connectivity index (χ1) is 6.61. The predicted molar refractivity (Wildman–Crippen MR) is 55.8 cm³/mol. The zero-order chi connectivity index (χ0) is 10.7. The maximum Gasteiger partial charge on any atom is 0.173 e. The Balaban J connectivity index is 3.43. The molecule has 0 amide bonds. The van der Waals surface area contributed by atoms with Crippen LogP contribution in [0.3, 0.4) is 0 Å². The minimum Gasteiger partial charge on any atom is -0.409 e. The molecule has 1 rings (SSSR count). The van der Waals surface area contributed by atoms with E-state index < -0.39 is 0 Å². The third kappa shape index (κ3) is 1.79. The van der Waals surface area contributed by atoms with Crippen LogP contribution in [0.2, 0.25) is 0 Å². The Morgan fingerprint density at radius 3 is 2.57 bits per heavy atom. The van der Waals surface area contributed by atoms with Crippen LogP contribution in [0.1, 0.15) is 16.8 Å². The van der Waals surface area contributed by atoms with E-state index in [1.54, 1.807) is 0 Å². The second-order valence-corrected chi connectivity index (χ2v) is 3.57. The summed E-state index contributed by atoms with van der Waals surface area (Å²) < 4.78 is 0. The van der Waals surface area contributed by atoms with Crippen molar-refractivity contribution in [2.45, 2.75) is 18.9 Å². The summed E-state index contributed by atoms with van der Waals surface area (Å²) >= 11 is 1.42. The van der Waals surface area contributed by atoms with Crippen molar-refractivity contribution < 1.29 is 5.21 Å². The monoisotopic (exact) mass is 212 g/mol. The molecule has 0 fully saturated rings. The van der Waals surface area contributed by atoms with Crippen LogP contribution in [0.15, 0.2) is 10.2 Å². The predicted octanol–water partition coefficient (Wildman–Crippen LogP) is 0.910. The molecule has 5 nitrogen and oxygen atoms in total. The third-order valence-corrected chi connectivity index (χ3v) is 2.65. The van der Waals surface area contributed by atoms with Gasteiger partial charge in [0.2, 0.25) is 0 Å². The van der Waals surface area contributed by atoms with Gasteiger partial charge in [-0.15, -0.1) is 16.9 Å². The van der Waals surface area contributed by atoms with Gasteiger partial charge in [0.1, 0.15) is 5.03 Å². The molecule has 14 heavy (non-hydrogen) atoms. The quantitative estimate of drug-likeness (QED) is 0.250. The van der Waals surface area contributed by atoms with Crippen LogP contribution in [0, 0.1) is 13.8 Å². The Morgan fingerprint density at radius 2 is 2.07 bits per heavy atom. The van der Waals surface area contributed by atoms with Crippen molar-refractivity contribution in [3.05, 3.63) is 16.8 Å². The van der Waals surface area contributed by atoms with Crippen molar-refractivity contribution in [3.63, 3.8) is 0 Å². The summed E-state index contributed by atoms with van der Waals surface area (Å²) in [6, 6.07) is 0.